The van der Waals surface area contributed by atoms with Gasteiger partial charge in [0.2, 0.25) is 11.9 Å². The molecule has 6 heteroatoms. The Kier molecular flexibility index (Phi) is 2.57. The van der Waals surface area contributed by atoms with E-state index in [1.165, 1.54) is 0 Å². The van der Waals surface area contributed by atoms with E-state index in [4.69, 9.17) is 17.3 Å². The highest BCUT2D eigenvalue weighted by atomic mass is 35.5. The van der Waals surface area contributed by atoms with Crippen molar-refractivity contribution in [1.82, 2.24) is 9.97 Å². The van der Waals surface area contributed by atoms with E-state index in [-0.39, 0.29) is 12.5 Å². The summed E-state index contributed by atoms with van der Waals surface area (Å²) in [6, 6.07) is 5.24. The van der Waals surface area contributed by atoms with E-state index in [1.807, 2.05) is 0 Å². The Labute approximate surface area is 90.6 Å². The van der Waals surface area contributed by atoms with E-state index in [0.717, 1.165) is 11.0 Å². The van der Waals surface area contributed by atoms with Crippen molar-refractivity contribution in [1.29, 1.82) is 0 Å². The summed E-state index contributed by atoms with van der Waals surface area (Å²) in [7, 11) is 0. The van der Waals surface area contributed by atoms with Crippen LogP contribution in [-0.4, -0.2) is 22.4 Å². The second-order valence-corrected chi connectivity index (χ2v) is 3.44. The number of anilines is 1. The van der Waals surface area contributed by atoms with Crippen molar-refractivity contribution >= 4 is 34.5 Å². The monoisotopic (exact) mass is 224 g/mol. The van der Waals surface area contributed by atoms with E-state index >= 15 is 0 Å². The summed E-state index contributed by atoms with van der Waals surface area (Å²) in [6.07, 6.45) is 0. The molecule has 15 heavy (non-hydrogen) atoms. The molecule has 0 spiro atoms. The van der Waals surface area contributed by atoms with E-state index in [1.54, 1.807) is 18.2 Å². The lowest BCUT2D eigenvalue weighted by atomic mass is 10.3. The predicted molar refractivity (Wildman–Crippen MR) is 58.8 cm³/mol. The summed E-state index contributed by atoms with van der Waals surface area (Å²) in [5.41, 5.74) is 6.68. The van der Waals surface area contributed by atoms with Crippen LogP contribution in [0.4, 0.5) is 5.95 Å². The fourth-order valence-corrected chi connectivity index (χ4v) is 1.40. The quantitative estimate of drug-likeness (QED) is 0.715. The minimum absolute atomic E-state index is 0.0716. The zero-order valence-electron chi connectivity index (χ0n) is 7.75. The average Bonchev–Trinajstić information content (AvgIpc) is 2.59. The number of fused-ring (bicyclic) bond motifs is 1. The molecule has 0 unspecified atom stereocenters. The highest BCUT2D eigenvalue weighted by Crippen LogP contribution is 2.18. The van der Waals surface area contributed by atoms with Crippen molar-refractivity contribution in [2.24, 2.45) is 5.73 Å². The molecule has 1 amide bonds. The molecule has 0 bridgehead atoms. The van der Waals surface area contributed by atoms with Gasteiger partial charge >= 0.3 is 0 Å². The first-order chi connectivity index (χ1) is 7.19. The van der Waals surface area contributed by atoms with Crippen LogP contribution >= 0.6 is 11.6 Å². The summed E-state index contributed by atoms with van der Waals surface area (Å²) < 4.78 is 0. The number of imidazole rings is 1. The number of carbonyl (C=O) groups is 1. The SMILES string of the molecule is NCC(=O)Nc1nc2ccc(Cl)cc2[nH]1. The fourth-order valence-electron chi connectivity index (χ4n) is 1.22. The zero-order valence-corrected chi connectivity index (χ0v) is 8.51. The number of nitrogens with zero attached hydrogens (tertiary/aromatic N) is 1. The van der Waals surface area contributed by atoms with Crippen LogP contribution in [-0.2, 0) is 4.79 Å². The van der Waals surface area contributed by atoms with Gasteiger partial charge in [0, 0.05) is 5.02 Å². The number of rotatable bonds is 2. The highest BCUT2D eigenvalue weighted by Gasteiger charge is 2.05. The maximum atomic E-state index is 11.0. The number of aromatic nitrogens is 2. The van der Waals surface area contributed by atoms with Gasteiger partial charge in [0.15, 0.2) is 0 Å². The molecule has 78 valence electrons. The van der Waals surface area contributed by atoms with Gasteiger partial charge in [-0.25, -0.2) is 4.98 Å². The van der Waals surface area contributed by atoms with Crippen molar-refractivity contribution in [3.63, 3.8) is 0 Å². The molecule has 5 nitrogen and oxygen atoms in total. The van der Waals surface area contributed by atoms with Crippen LogP contribution in [0.1, 0.15) is 0 Å². The summed E-state index contributed by atoms with van der Waals surface area (Å²) in [4.78, 5) is 18.1. The summed E-state index contributed by atoms with van der Waals surface area (Å²) in [5, 5.41) is 3.14. The molecule has 2 aromatic rings. The van der Waals surface area contributed by atoms with Gasteiger partial charge in [-0.15, -0.1) is 0 Å². The van der Waals surface area contributed by atoms with Gasteiger partial charge in [0.1, 0.15) is 0 Å². The van der Waals surface area contributed by atoms with Crippen LogP contribution in [0.25, 0.3) is 11.0 Å². The van der Waals surface area contributed by atoms with Gasteiger partial charge in [-0.2, -0.15) is 0 Å². The normalized spacial score (nSPS) is 10.5. The molecule has 0 saturated heterocycles. The second-order valence-electron chi connectivity index (χ2n) is 3.00. The van der Waals surface area contributed by atoms with Crippen molar-refractivity contribution in [3.8, 4) is 0 Å². The number of amides is 1. The lowest BCUT2D eigenvalue weighted by Crippen LogP contribution is -2.22. The zero-order chi connectivity index (χ0) is 10.8. The molecule has 0 atom stereocenters. The Balaban J connectivity index is 2.34. The summed E-state index contributed by atoms with van der Waals surface area (Å²) in [5.74, 6) is 0.0860. The molecule has 1 aromatic heterocycles. The number of nitrogens with two attached hydrogens (primary N) is 1. The molecular formula is C9H9ClN4O. The molecule has 0 aliphatic heterocycles. The van der Waals surface area contributed by atoms with Gasteiger partial charge in [0.25, 0.3) is 0 Å². The van der Waals surface area contributed by atoms with E-state index < -0.39 is 0 Å². The van der Waals surface area contributed by atoms with Gasteiger partial charge in [-0.05, 0) is 18.2 Å². The van der Waals surface area contributed by atoms with Gasteiger partial charge in [0.05, 0.1) is 17.6 Å². The molecule has 1 aromatic carbocycles. The Morgan fingerprint density at radius 3 is 3.13 bits per heavy atom. The first-order valence-electron chi connectivity index (χ1n) is 4.34. The largest absolute Gasteiger partial charge is 0.324 e. The number of H-pyrrole nitrogens is 1. The third-order valence-electron chi connectivity index (χ3n) is 1.89. The molecule has 0 radical (unpaired) electrons. The van der Waals surface area contributed by atoms with Gasteiger partial charge < -0.3 is 10.7 Å². The molecule has 2 rings (SSSR count). The summed E-state index contributed by atoms with van der Waals surface area (Å²) >= 11 is 5.81. The third kappa shape index (κ3) is 2.08. The van der Waals surface area contributed by atoms with Crippen molar-refractivity contribution in [2.75, 3.05) is 11.9 Å². The van der Waals surface area contributed by atoms with E-state index in [9.17, 15) is 4.79 Å². The molecule has 0 saturated carbocycles. The van der Waals surface area contributed by atoms with Crippen molar-refractivity contribution in [3.05, 3.63) is 23.2 Å². The minimum Gasteiger partial charge on any atom is -0.324 e. The molecular weight excluding hydrogens is 216 g/mol. The molecule has 0 fully saturated rings. The Bertz CT molecular complexity index is 508. The maximum Gasteiger partial charge on any atom is 0.240 e. The number of halogens is 1. The van der Waals surface area contributed by atoms with Crippen LogP contribution < -0.4 is 11.1 Å². The minimum atomic E-state index is -0.292. The standard InChI is InChI=1S/C9H9ClN4O/c10-5-1-2-6-7(3-5)13-9(12-6)14-8(15)4-11/h1-3H,4,11H2,(H2,12,13,14,15). The van der Waals surface area contributed by atoms with Gasteiger partial charge in [-0.3, -0.25) is 10.1 Å². The topological polar surface area (TPSA) is 83.8 Å². The third-order valence-corrected chi connectivity index (χ3v) is 2.12. The van der Waals surface area contributed by atoms with Crippen LogP contribution in [0.5, 0.6) is 0 Å². The first kappa shape index (κ1) is 9.95. The van der Waals surface area contributed by atoms with Crippen molar-refractivity contribution in [2.45, 2.75) is 0 Å². The maximum absolute atomic E-state index is 11.0. The fraction of sp³-hybridized carbons (Fsp3) is 0.111. The van der Waals surface area contributed by atoms with Gasteiger partial charge in [-0.1, -0.05) is 11.6 Å². The number of hydrogen-bond donors (Lipinski definition) is 3. The van der Waals surface area contributed by atoms with E-state index in [0.29, 0.717) is 11.0 Å². The Morgan fingerprint density at radius 2 is 2.40 bits per heavy atom. The molecule has 0 aliphatic carbocycles. The Hall–Kier alpha value is -1.59. The number of nitrogens with one attached hydrogen (secondary N) is 2. The smallest absolute Gasteiger partial charge is 0.240 e. The molecule has 1 heterocycles. The summed E-state index contributed by atoms with van der Waals surface area (Å²) in [6.45, 7) is -0.0716. The number of aromatic amines is 1. The lowest BCUT2D eigenvalue weighted by Gasteiger charge is -1.95. The van der Waals surface area contributed by atoms with Crippen LogP contribution in [0.15, 0.2) is 18.2 Å². The predicted octanol–water partition coefficient (Wildman–Crippen LogP) is 1.11. The number of hydrogen-bond acceptors (Lipinski definition) is 3. The average molecular weight is 225 g/mol. The number of benzene rings is 1. The second kappa shape index (κ2) is 3.88. The lowest BCUT2D eigenvalue weighted by molar-refractivity contribution is -0.114. The van der Waals surface area contributed by atoms with Crippen LogP contribution in [0, 0.1) is 0 Å². The molecule has 0 aliphatic rings. The first-order valence-corrected chi connectivity index (χ1v) is 4.72. The molecule has 4 N–H and O–H groups in total. The Morgan fingerprint density at radius 1 is 1.60 bits per heavy atom. The van der Waals surface area contributed by atoms with Crippen molar-refractivity contribution < 1.29 is 4.79 Å². The van der Waals surface area contributed by atoms with E-state index in [2.05, 4.69) is 15.3 Å². The number of carbonyl (C=O) groups excluding carboxylic acids is 1. The highest BCUT2D eigenvalue weighted by molar-refractivity contribution is 6.31. The van der Waals surface area contributed by atoms with Crippen LogP contribution in [0.3, 0.4) is 0 Å². The van der Waals surface area contributed by atoms with Crippen LogP contribution in [0.2, 0.25) is 5.02 Å².